The molecule has 1 amide bonds. The normalized spacial score (nSPS) is 21.0. The predicted octanol–water partition coefficient (Wildman–Crippen LogP) is 3.14. The Morgan fingerprint density at radius 1 is 1.00 bits per heavy atom. The molecular weight excluding hydrogens is 422 g/mol. The molecule has 0 spiro atoms. The molecule has 0 bridgehead atoms. The zero-order chi connectivity index (χ0) is 21.1. The molecule has 4 rings (SSSR count). The highest BCUT2D eigenvalue weighted by molar-refractivity contribution is 8.02. The van der Waals surface area contributed by atoms with Gasteiger partial charge in [0, 0.05) is 21.8 Å². The Labute approximate surface area is 180 Å². The molecule has 2 fully saturated rings. The lowest BCUT2D eigenvalue weighted by molar-refractivity contribution is -0.130. The summed E-state index contributed by atoms with van der Waals surface area (Å²) < 4.78 is 29.2. The van der Waals surface area contributed by atoms with Crippen molar-refractivity contribution in [2.45, 2.75) is 41.6 Å². The van der Waals surface area contributed by atoms with Crippen LogP contribution in [0.2, 0.25) is 0 Å². The topological polar surface area (TPSA) is 89.5 Å². The highest BCUT2D eigenvalue weighted by Gasteiger charge is 2.33. The van der Waals surface area contributed by atoms with Crippen LogP contribution in [0, 0.1) is 0 Å². The van der Waals surface area contributed by atoms with Crippen molar-refractivity contribution >= 4 is 33.5 Å². The number of rotatable bonds is 7. The molecule has 1 saturated heterocycles. The highest BCUT2D eigenvalue weighted by atomic mass is 32.2. The minimum absolute atomic E-state index is 0.0907. The van der Waals surface area contributed by atoms with Gasteiger partial charge >= 0.3 is 5.97 Å². The van der Waals surface area contributed by atoms with E-state index in [0.29, 0.717) is 22.4 Å². The Balaban J connectivity index is 1.53. The summed E-state index contributed by atoms with van der Waals surface area (Å²) in [6.45, 7) is 0. The van der Waals surface area contributed by atoms with Crippen molar-refractivity contribution in [2.24, 2.45) is 0 Å². The van der Waals surface area contributed by atoms with E-state index in [1.54, 1.807) is 48.5 Å². The van der Waals surface area contributed by atoms with Gasteiger partial charge in [-0.2, -0.15) is 0 Å². The van der Waals surface area contributed by atoms with E-state index < -0.39 is 21.9 Å². The van der Waals surface area contributed by atoms with Crippen LogP contribution in [-0.4, -0.2) is 43.1 Å². The maximum atomic E-state index is 13.0. The first-order chi connectivity index (χ1) is 14.4. The van der Waals surface area contributed by atoms with Crippen LogP contribution in [0.3, 0.4) is 0 Å². The Kier molecular flexibility index (Phi) is 6.15. The first-order valence-corrected chi connectivity index (χ1v) is 12.6. The lowest BCUT2D eigenvalue weighted by Gasteiger charge is -2.19. The van der Waals surface area contributed by atoms with Gasteiger partial charge in [0.15, 0.2) is 9.84 Å². The molecule has 158 valence electrons. The first-order valence-electron chi connectivity index (χ1n) is 9.94. The Hall–Kier alpha value is -2.32. The summed E-state index contributed by atoms with van der Waals surface area (Å²) in [6, 6.07) is 16.1. The molecule has 1 N–H and O–H groups in total. The summed E-state index contributed by atoms with van der Waals surface area (Å²) in [7, 11) is -3.01. The third-order valence-corrected chi connectivity index (χ3v) is 8.40. The van der Waals surface area contributed by atoms with Crippen LogP contribution < -0.4 is 5.32 Å². The average molecular weight is 446 g/mol. The Bertz CT molecular complexity index is 1030. The van der Waals surface area contributed by atoms with Crippen LogP contribution in [0.4, 0.5) is 0 Å². The molecule has 1 aliphatic carbocycles. The number of amides is 1. The van der Waals surface area contributed by atoms with Crippen molar-refractivity contribution in [1.29, 1.82) is 0 Å². The molecule has 0 radical (unpaired) electrons. The second-order valence-corrected chi connectivity index (χ2v) is 11.2. The highest BCUT2D eigenvalue weighted by Crippen LogP contribution is 2.34. The van der Waals surface area contributed by atoms with Gasteiger partial charge < -0.3 is 10.1 Å². The molecule has 1 heterocycles. The van der Waals surface area contributed by atoms with E-state index in [9.17, 15) is 18.0 Å². The molecule has 2 unspecified atom stereocenters. The molecule has 0 aromatic heterocycles. The molecule has 2 aliphatic rings. The first kappa shape index (κ1) is 20.9. The van der Waals surface area contributed by atoms with Gasteiger partial charge in [-0.15, -0.1) is 11.8 Å². The second kappa shape index (κ2) is 8.81. The van der Waals surface area contributed by atoms with Crippen LogP contribution >= 0.6 is 11.8 Å². The van der Waals surface area contributed by atoms with E-state index >= 15 is 0 Å². The van der Waals surface area contributed by atoms with Gasteiger partial charge in [0.25, 0.3) is 5.91 Å². The van der Waals surface area contributed by atoms with Gasteiger partial charge in [-0.3, -0.25) is 4.79 Å². The van der Waals surface area contributed by atoms with Crippen molar-refractivity contribution < 1.29 is 22.7 Å². The van der Waals surface area contributed by atoms with E-state index in [0.717, 1.165) is 12.8 Å². The standard InChI is InChI=1S/C22H23NO5S2/c24-21(23-16-10-11-16)20(15-6-2-1-3-7-15)28-22(25)18-8-4-5-9-19(18)29-17-12-13-30(26,27)14-17/h1-9,16-17,20H,10-14H2,(H,23,24). The van der Waals surface area contributed by atoms with E-state index in [4.69, 9.17) is 4.74 Å². The van der Waals surface area contributed by atoms with Gasteiger partial charge in [0.1, 0.15) is 0 Å². The van der Waals surface area contributed by atoms with Gasteiger partial charge in [-0.25, -0.2) is 13.2 Å². The van der Waals surface area contributed by atoms with Crippen LogP contribution in [0.1, 0.15) is 41.3 Å². The van der Waals surface area contributed by atoms with E-state index in [1.807, 2.05) is 6.07 Å². The number of sulfone groups is 1. The number of ether oxygens (including phenoxy) is 1. The number of esters is 1. The van der Waals surface area contributed by atoms with E-state index in [2.05, 4.69) is 5.32 Å². The van der Waals surface area contributed by atoms with Gasteiger partial charge in [0.2, 0.25) is 6.10 Å². The molecule has 1 saturated carbocycles. The van der Waals surface area contributed by atoms with Gasteiger partial charge in [0.05, 0.1) is 17.1 Å². The molecule has 2 aromatic rings. The third-order valence-electron chi connectivity index (χ3n) is 5.08. The van der Waals surface area contributed by atoms with Crippen molar-refractivity contribution in [3.05, 3.63) is 65.7 Å². The summed E-state index contributed by atoms with van der Waals surface area (Å²) in [5, 5.41) is 2.81. The van der Waals surface area contributed by atoms with Gasteiger partial charge in [-0.1, -0.05) is 42.5 Å². The maximum Gasteiger partial charge on any atom is 0.340 e. The van der Waals surface area contributed by atoms with Crippen LogP contribution in [0.5, 0.6) is 0 Å². The number of benzene rings is 2. The molecule has 6 nitrogen and oxygen atoms in total. The molecule has 2 atom stereocenters. The Morgan fingerprint density at radius 3 is 2.37 bits per heavy atom. The number of carbonyl (C=O) groups excluding carboxylic acids is 2. The van der Waals surface area contributed by atoms with Crippen molar-refractivity contribution in [1.82, 2.24) is 5.32 Å². The lowest BCUT2D eigenvalue weighted by Crippen LogP contribution is -2.33. The zero-order valence-electron chi connectivity index (χ0n) is 16.3. The van der Waals surface area contributed by atoms with Crippen molar-refractivity contribution in [3.8, 4) is 0 Å². The third kappa shape index (κ3) is 5.23. The zero-order valence-corrected chi connectivity index (χ0v) is 18.0. The largest absolute Gasteiger partial charge is 0.444 e. The fourth-order valence-corrected chi connectivity index (χ4v) is 6.96. The van der Waals surface area contributed by atoms with E-state index in [-0.39, 0.29) is 28.7 Å². The fourth-order valence-electron chi connectivity index (χ4n) is 3.35. The summed E-state index contributed by atoms with van der Waals surface area (Å²) in [5.74, 6) is -0.644. The number of hydrogen-bond donors (Lipinski definition) is 1. The number of thioether (sulfide) groups is 1. The minimum Gasteiger partial charge on any atom is -0.444 e. The van der Waals surface area contributed by atoms with Crippen LogP contribution in [0.15, 0.2) is 59.5 Å². The molecule has 1 aliphatic heterocycles. The van der Waals surface area contributed by atoms with E-state index in [1.165, 1.54) is 11.8 Å². The lowest BCUT2D eigenvalue weighted by atomic mass is 10.1. The van der Waals surface area contributed by atoms with Crippen molar-refractivity contribution in [3.63, 3.8) is 0 Å². The SMILES string of the molecule is O=C(OC(C(=O)NC1CC1)c1ccccc1)c1ccccc1SC1CCS(=O)(=O)C1. The molecule has 8 heteroatoms. The summed E-state index contributed by atoms with van der Waals surface area (Å²) >= 11 is 1.38. The van der Waals surface area contributed by atoms with Gasteiger partial charge in [-0.05, 0) is 31.4 Å². The number of hydrogen-bond acceptors (Lipinski definition) is 6. The molecule has 2 aromatic carbocycles. The van der Waals surface area contributed by atoms with Crippen LogP contribution in [-0.2, 0) is 19.4 Å². The second-order valence-electron chi connectivity index (χ2n) is 7.62. The quantitative estimate of drug-likeness (QED) is 0.659. The minimum atomic E-state index is -3.01. The van der Waals surface area contributed by atoms with Crippen molar-refractivity contribution in [2.75, 3.05) is 11.5 Å². The van der Waals surface area contributed by atoms with Crippen LogP contribution in [0.25, 0.3) is 0 Å². The molecular formula is C22H23NO5S2. The summed E-state index contributed by atoms with van der Waals surface area (Å²) in [5.41, 5.74) is 0.947. The maximum absolute atomic E-state index is 13.0. The molecule has 30 heavy (non-hydrogen) atoms. The predicted molar refractivity (Wildman–Crippen MR) is 115 cm³/mol. The number of nitrogens with one attached hydrogen (secondary N) is 1. The number of carbonyl (C=O) groups is 2. The summed E-state index contributed by atoms with van der Waals surface area (Å²) in [6.07, 6.45) is 1.40. The monoisotopic (exact) mass is 445 g/mol. The Morgan fingerprint density at radius 2 is 1.70 bits per heavy atom. The summed E-state index contributed by atoms with van der Waals surface area (Å²) in [4.78, 5) is 26.4. The fraction of sp³-hybridized carbons (Fsp3) is 0.364. The smallest absolute Gasteiger partial charge is 0.340 e. The average Bonchev–Trinajstić information content (AvgIpc) is 3.48.